The van der Waals surface area contributed by atoms with Gasteiger partial charge in [-0.3, -0.25) is 0 Å². The van der Waals surface area contributed by atoms with Gasteiger partial charge in [0.05, 0.1) is 11.9 Å². The number of nitrogens with zero attached hydrogens (tertiary/aromatic N) is 3. The Kier molecular flexibility index (Phi) is 3.90. The van der Waals surface area contributed by atoms with Gasteiger partial charge < -0.3 is 10.2 Å². The summed E-state index contributed by atoms with van der Waals surface area (Å²) in [5.74, 6) is -0.163. The molecule has 0 saturated carbocycles. The topological polar surface area (TPSA) is 33.1 Å². The molecule has 21 heavy (non-hydrogen) atoms. The van der Waals surface area contributed by atoms with Crippen LogP contribution in [0.4, 0.5) is 15.8 Å². The summed E-state index contributed by atoms with van der Waals surface area (Å²) in [5.41, 5.74) is 2.51. The van der Waals surface area contributed by atoms with Crippen LogP contribution in [0.3, 0.4) is 0 Å². The number of hydrogen-bond donors (Lipinski definition) is 1. The zero-order chi connectivity index (χ0) is 14.7. The van der Waals surface area contributed by atoms with Crippen molar-refractivity contribution in [2.24, 2.45) is 0 Å². The van der Waals surface area contributed by atoms with Crippen molar-refractivity contribution in [2.75, 3.05) is 23.3 Å². The molecule has 0 amide bonds. The van der Waals surface area contributed by atoms with Gasteiger partial charge in [-0.2, -0.15) is 5.10 Å². The van der Waals surface area contributed by atoms with Gasteiger partial charge in [0, 0.05) is 43.3 Å². The first kappa shape index (κ1) is 13.7. The summed E-state index contributed by atoms with van der Waals surface area (Å²) in [6.45, 7) is 6.15. The Morgan fingerprint density at radius 3 is 2.81 bits per heavy atom. The van der Waals surface area contributed by atoms with E-state index in [4.69, 9.17) is 0 Å². The third-order valence-corrected chi connectivity index (χ3v) is 3.73. The molecule has 2 heterocycles. The molecule has 0 spiro atoms. The van der Waals surface area contributed by atoms with Crippen molar-refractivity contribution in [2.45, 2.75) is 19.4 Å². The third kappa shape index (κ3) is 3.07. The second-order valence-electron chi connectivity index (χ2n) is 5.23. The van der Waals surface area contributed by atoms with Crippen molar-refractivity contribution in [1.29, 1.82) is 0 Å². The van der Waals surface area contributed by atoms with Crippen LogP contribution in [-0.4, -0.2) is 22.9 Å². The number of nitrogens with one attached hydrogen (secondary N) is 1. The Hall–Kier alpha value is -2.30. The lowest BCUT2D eigenvalue weighted by atomic mass is 10.2. The van der Waals surface area contributed by atoms with E-state index in [0.29, 0.717) is 12.2 Å². The molecule has 1 aromatic carbocycles. The Morgan fingerprint density at radius 1 is 1.33 bits per heavy atom. The van der Waals surface area contributed by atoms with Crippen LogP contribution in [0.25, 0.3) is 6.20 Å². The smallest absolute Gasteiger partial charge is 0.148 e. The van der Waals surface area contributed by atoms with Gasteiger partial charge in [0.2, 0.25) is 0 Å². The van der Waals surface area contributed by atoms with Gasteiger partial charge in [-0.15, -0.1) is 0 Å². The fourth-order valence-electron chi connectivity index (χ4n) is 2.60. The van der Waals surface area contributed by atoms with Crippen LogP contribution in [0.5, 0.6) is 0 Å². The predicted octanol–water partition coefficient (Wildman–Crippen LogP) is 3.34. The van der Waals surface area contributed by atoms with Gasteiger partial charge in [0.1, 0.15) is 5.82 Å². The molecule has 0 unspecified atom stereocenters. The molecule has 5 heteroatoms. The average molecular weight is 286 g/mol. The van der Waals surface area contributed by atoms with E-state index in [1.165, 1.54) is 0 Å². The highest BCUT2D eigenvalue weighted by molar-refractivity contribution is 5.56. The summed E-state index contributed by atoms with van der Waals surface area (Å²) in [6, 6.07) is 5.34. The normalized spacial score (nSPS) is 14.4. The van der Waals surface area contributed by atoms with Crippen molar-refractivity contribution in [3.05, 3.63) is 48.6 Å². The first-order chi connectivity index (χ1) is 10.3. The first-order valence-electron chi connectivity index (χ1n) is 7.20. The molecular formula is C16H19FN4. The summed E-state index contributed by atoms with van der Waals surface area (Å²) >= 11 is 0. The highest BCUT2D eigenvalue weighted by atomic mass is 19.1. The lowest BCUT2D eigenvalue weighted by Gasteiger charge is -2.19. The molecule has 1 aliphatic heterocycles. The van der Waals surface area contributed by atoms with Crippen LogP contribution in [0.2, 0.25) is 0 Å². The monoisotopic (exact) mass is 286 g/mol. The second kappa shape index (κ2) is 5.99. The van der Waals surface area contributed by atoms with Crippen molar-refractivity contribution in [3.8, 4) is 0 Å². The molecule has 1 saturated heterocycles. The van der Waals surface area contributed by atoms with Crippen molar-refractivity contribution >= 4 is 17.6 Å². The minimum Gasteiger partial charge on any atom is -0.381 e. The second-order valence-corrected chi connectivity index (χ2v) is 5.23. The Bertz CT molecular complexity index is 629. The minimum atomic E-state index is -0.163. The van der Waals surface area contributed by atoms with Crippen LogP contribution in [-0.2, 0) is 6.54 Å². The van der Waals surface area contributed by atoms with Crippen LogP contribution >= 0.6 is 0 Å². The van der Waals surface area contributed by atoms with E-state index in [-0.39, 0.29) is 5.82 Å². The molecule has 0 atom stereocenters. The summed E-state index contributed by atoms with van der Waals surface area (Å²) in [7, 11) is 0. The maximum absolute atomic E-state index is 14.2. The molecule has 0 bridgehead atoms. The van der Waals surface area contributed by atoms with Crippen LogP contribution in [0.15, 0.2) is 37.2 Å². The molecular weight excluding hydrogens is 267 g/mol. The van der Waals surface area contributed by atoms with Crippen LogP contribution in [0, 0.1) is 5.82 Å². The van der Waals surface area contributed by atoms with Crippen LogP contribution < -0.4 is 10.2 Å². The summed E-state index contributed by atoms with van der Waals surface area (Å²) in [6.07, 6.45) is 7.58. The molecule has 1 N–H and O–H groups in total. The molecule has 110 valence electrons. The predicted molar refractivity (Wildman–Crippen MR) is 83.8 cm³/mol. The Labute approximate surface area is 123 Å². The average Bonchev–Trinajstić information content (AvgIpc) is 3.16. The zero-order valence-corrected chi connectivity index (χ0v) is 11.9. The fraction of sp³-hybridized carbons (Fsp3) is 0.312. The van der Waals surface area contributed by atoms with E-state index >= 15 is 0 Å². The van der Waals surface area contributed by atoms with Crippen molar-refractivity contribution in [3.63, 3.8) is 0 Å². The minimum absolute atomic E-state index is 0.163. The van der Waals surface area contributed by atoms with Gasteiger partial charge in [-0.25, -0.2) is 9.07 Å². The number of anilines is 2. The molecule has 1 fully saturated rings. The van der Waals surface area contributed by atoms with E-state index in [2.05, 4.69) is 21.9 Å². The van der Waals surface area contributed by atoms with Crippen LogP contribution in [0.1, 0.15) is 18.4 Å². The number of hydrogen-bond acceptors (Lipinski definition) is 3. The summed E-state index contributed by atoms with van der Waals surface area (Å²) < 4.78 is 15.8. The van der Waals surface area contributed by atoms with Gasteiger partial charge in [-0.1, -0.05) is 6.58 Å². The molecule has 3 rings (SSSR count). The zero-order valence-electron chi connectivity index (χ0n) is 11.9. The molecule has 2 aromatic rings. The van der Waals surface area contributed by atoms with E-state index < -0.39 is 0 Å². The van der Waals surface area contributed by atoms with E-state index in [1.807, 2.05) is 18.3 Å². The number of benzene rings is 1. The molecule has 0 radical (unpaired) electrons. The lowest BCUT2D eigenvalue weighted by Crippen LogP contribution is -2.18. The maximum atomic E-state index is 14.2. The van der Waals surface area contributed by atoms with E-state index in [0.717, 1.165) is 37.2 Å². The highest BCUT2D eigenvalue weighted by Gasteiger charge is 2.16. The molecule has 4 nitrogen and oxygen atoms in total. The van der Waals surface area contributed by atoms with Crippen molar-refractivity contribution in [1.82, 2.24) is 9.78 Å². The highest BCUT2D eigenvalue weighted by Crippen LogP contribution is 2.26. The Balaban J connectivity index is 1.65. The standard InChI is InChI=1S/C16H19FN4/c1-2-21-12-13(11-19-21)10-18-14-5-6-16(15(17)9-14)20-7-3-4-8-20/h2,5-6,9,11-12,18H,1,3-4,7-8,10H2. The van der Waals surface area contributed by atoms with Gasteiger partial charge in [0.25, 0.3) is 0 Å². The van der Waals surface area contributed by atoms with E-state index in [1.54, 1.807) is 23.1 Å². The molecule has 1 aromatic heterocycles. The quantitative estimate of drug-likeness (QED) is 0.915. The summed E-state index contributed by atoms with van der Waals surface area (Å²) in [5, 5.41) is 7.32. The SMILES string of the molecule is C=Cn1cc(CNc2ccc(N3CCCC3)c(F)c2)cn1. The van der Waals surface area contributed by atoms with E-state index in [9.17, 15) is 4.39 Å². The molecule has 1 aliphatic rings. The third-order valence-electron chi connectivity index (χ3n) is 3.73. The first-order valence-corrected chi connectivity index (χ1v) is 7.20. The van der Waals surface area contributed by atoms with Crippen molar-refractivity contribution < 1.29 is 4.39 Å². The largest absolute Gasteiger partial charge is 0.381 e. The number of halogens is 1. The lowest BCUT2D eigenvalue weighted by molar-refractivity contribution is 0.623. The summed E-state index contributed by atoms with van der Waals surface area (Å²) in [4.78, 5) is 2.10. The van der Waals surface area contributed by atoms with Gasteiger partial charge >= 0.3 is 0 Å². The fourth-order valence-corrected chi connectivity index (χ4v) is 2.60. The van der Waals surface area contributed by atoms with Gasteiger partial charge in [0.15, 0.2) is 0 Å². The maximum Gasteiger partial charge on any atom is 0.148 e. The molecule has 0 aliphatic carbocycles. The Morgan fingerprint density at radius 2 is 2.14 bits per heavy atom. The number of aromatic nitrogens is 2. The van der Waals surface area contributed by atoms with Gasteiger partial charge in [-0.05, 0) is 31.0 Å². The number of rotatable bonds is 5.